The highest BCUT2D eigenvalue weighted by atomic mass is 32.2. The van der Waals surface area contributed by atoms with Crippen LogP contribution in [-0.4, -0.2) is 34.4 Å². The second-order valence-corrected chi connectivity index (χ2v) is 5.28. The lowest BCUT2D eigenvalue weighted by molar-refractivity contribution is -0.138. The third-order valence-corrected chi connectivity index (χ3v) is 3.79. The number of aliphatic carboxylic acids is 1. The first-order valence-electron chi connectivity index (χ1n) is 5.28. The van der Waals surface area contributed by atoms with Gasteiger partial charge in [0.2, 0.25) is 11.8 Å². The smallest absolute Gasteiger partial charge is 0.303 e. The van der Waals surface area contributed by atoms with Gasteiger partial charge in [0.25, 0.3) is 0 Å². The van der Waals surface area contributed by atoms with E-state index in [0.717, 1.165) is 12.8 Å². The van der Waals surface area contributed by atoms with Crippen LogP contribution in [-0.2, 0) is 14.4 Å². The van der Waals surface area contributed by atoms with Crippen LogP contribution in [0.2, 0.25) is 0 Å². The Morgan fingerprint density at radius 2 is 1.94 bits per heavy atom. The van der Waals surface area contributed by atoms with Gasteiger partial charge in [0.15, 0.2) is 0 Å². The lowest BCUT2D eigenvalue weighted by Gasteiger charge is -2.11. The van der Waals surface area contributed by atoms with Crippen LogP contribution in [0.1, 0.15) is 26.2 Å². The zero-order valence-corrected chi connectivity index (χ0v) is 10.4. The van der Waals surface area contributed by atoms with E-state index in [4.69, 9.17) is 5.11 Å². The summed E-state index contributed by atoms with van der Waals surface area (Å²) in [6.45, 7) is 1.31. The van der Waals surface area contributed by atoms with Crippen molar-refractivity contribution in [1.29, 1.82) is 0 Å². The molecule has 0 aromatic rings. The van der Waals surface area contributed by atoms with Crippen molar-refractivity contribution >= 4 is 29.5 Å². The quantitative estimate of drug-likeness (QED) is 0.590. The monoisotopic (exact) mass is 260 g/mol. The van der Waals surface area contributed by atoms with Gasteiger partial charge < -0.3 is 5.11 Å². The molecule has 0 bridgehead atoms. The first-order chi connectivity index (χ1) is 7.93. The number of carboxylic acid groups (broad SMARTS) is 1. The Labute approximate surface area is 103 Å². The van der Waals surface area contributed by atoms with Crippen molar-refractivity contribution < 1.29 is 19.5 Å². The predicted molar refractivity (Wildman–Crippen MR) is 63.2 cm³/mol. The van der Waals surface area contributed by atoms with Gasteiger partial charge >= 0.3 is 5.97 Å². The molecule has 0 aromatic heterocycles. The highest BCUT2D eigenvalue weighted by Gasteiger charge is 2.44. The van der Waals surface area contributed by atoms with Crippen LogP contribution in [0.4, 0.5) is 0 Å². The number of amides is 2. The Bertz CT molecular complexity index is 328. The van der Waals surface area contributed by atoms with E-state index in [1.165, 1.54) is 18.7 Å². The number of hydrogen-bond donors (Lipinski definition) is 3. The molecule has 0 unspecified atom stereocenters. The molecule has 17 heavy (non-hydrogen) atoms. The molecule has 0 heterocycles. The van der Waals surface area contributed by atoms with Crippen molar-refractivity contribution in [3.8, 4) is 0 Å². The largest absolute Gasteiger partial charge is 0.481 e. The molecule has 1 saturated carbocycles. The summed E-state index contributed by atoms with van der Waals surface area (Å²) in [7, 11) is 0. The normalized spacial score (nSPS) is 16.1. The minimum Gasteiger partial charge on any atom is -0.481 e. The van der Waals surface area contributed by atoms with Crippen molar-refractivity contribution in [1.82, 2.24) is 10.9 Å². The maximum absolute atomic E-state index is 11.2. The Kier molecular flexibility index (Phi) is 4.80. The SMILES string of the molecule is CC(=O)NNC(=O)CSCC1(CC(=O)O)CC1. The van der Waals surface area contributed by atoms with Crippen molar-refractivity contribution in [3.63, 3.8) is 0 Å². The molecule has 0 saturated heterocycles. The summed E-state index contributed by atoms with van der Waals surface area (Å²) >= 11 is 1.40. The number of carbonyl (C=O) groups is 3. The molecule has 0 atom stereocenters. The number of hydrazine groups is 1. The lowest BCUT2D eigenvalue weighted by Crippen LogP contribution is -2.41. The van der Waals surface area contributed by atoms with Gasteiger partial charge in [-0.3, -0.25) is 25.2 Å². The van der Waals surface area contributed by atoms with E-state index in [9.17, 15) is 14.4 Å². The second-order valence-electron chi connectivity index (χ2n) is 4.29. The molecule has 1 rings (SSSR count). The molecule has 1 aliphatic rings. The molecule has 0 spiro atoms. The molecule has 7 heteroatoms. The molecule has 6 nitrogen and oxygen atoms in total. The van der Waals surface area contributed by atoms with Crippen LogP contribution in [0.3, 0.4) is 0 Å². The average Bonchev–Trinajstić information content (AvgIpc) is 2.94. The van der Waals surface area contributed by atoms with Gasteiger partial charge in [-0.2, -0.15) is 11.8 Å². The Morgan fingerprint density at radius 3 is 2.41 bits per heavy atom. The molecule has 3 N–H and O–H groups in total. The van der Waals surface area contributed by atoms with E-state index in [1.54, 1.807) is 0 Å². The molecule has 96 valence electrons. The number of carbonyl (C=O) groups excluding carboxylic acids is 2. The average molecular weight is 260 g/mol. The fourth-order valence-corrected chi connectivity index (χ4v) is 2.61. The molecular weight excluding hydrogens is 244 g/mol. The second kappa shape index (κ2) is 5.90. The summed E-state index contributed by atoms with van der Waals surface area (Å²) in [5.41, 5.74) is 4.34. The number of hydrogen-bond acceptors (Lipinski definition) is 4. The molecule has 0 radical (unpaired) electrons. The first kappa shape index (κ1) is 13.8. The standard InChI is InChI=1S/C10H16N2O4S/c1-7(13)11-12-8(14)5-17-6-10(2-3-10)4-9(15)16/h2-6H2,1H3,(H,11,13)(H,12,14)(H,15,16). The third-order valence-electron chi connectivity index (χ3n) is 2.50. The highest BCUT2D eigenvalue weighted by molar-refractivity contribution is 7.99. The van der Waals surface area contributed by atoms with Gasteiger partial charge in [-0.15, -0.1) is 0 Å². The minimum absolute atomic E-state index is 0.106. The van der Waals surface area contributed by atoms with Crippen LogP contribution < -0.4 is 10.9 Å². The Balaban J connectivity index is 2.13. The zero-order valence-electron chi connectivity index (χ0n) is 9.62. The van der Waals surface area contributed by atoms with E-state index < -0.39 is 5.97 Å². The van der Waals surface area contributed by atoms with Crippen LogP contribution in [0.15, 0.2) is 0 Å². The Hall–Kier alpha value is -1.24. The van der Waals surface area contributed by atoms with Gasteiger partial charge in [0.1, 0.15) is 0 Å². The summed E-state index contributed by atoms with van der Waals surface area (Å²) in [5.74, 6) is -0.496. The lowest BCUT2D eigenvalue weighted by atomic mass is 10.1. The van der Waals surface area contributed by atoms with E-state index in [0.29, 0.717) is 5.75 Å². The van der Waals surface area contributed by atoms with Gasteiger partial charge in [0, 0.05) is 6.92 Å². The third kappa shape index (κ3) is 5.58. The molecule has 2 amide bonds. The van der Waals surface area contributed by atoms with Crippen molar-refractivity contribution in [2.75, 3.05) is 11.5 Å². The van der Waals surface area contributed by atoms with Crippen LogP contribution in [0, 0.1) is 5.41 Å². The van der Waals surface area contributed by atoms with Crippen molar-refractivity contribution in [2.45, 2.75) is 26.2 Å². The minimum atomic E-state index is -0.786. The summed E-state index contributed by atoms with van der Waals surface area (Å²) in [6.07, 6.45) is 2.01. The molecule has 1 fully saturated rings. The van der Waals surface area contributed by atoms with Gasteiger partial charge in [-0.25, -0.2) is 0 Å². The van der Waals surface area contributed by atoms with Gasteiger partial charge in [-0.1, -0.05) is 0 Å². The Morgan fingerprint density at radius 1 is 1.29 bits per heavy atom. The molecular formula is C10H16N2O4S. The first-order valence-corrected chi connectivity index (χ1v) is 6.44. The summed E-state index contributed by atoms with van der Waals surface area (Å²) < 4.78 is 0. The number of nitrogens with one attached hydrogen (secondary N) is 2. The number of thioether (sulfide) groups is 1. The van der Waals surface area contributed by atoms with Gasteiger partial charge in [0.05, 0.1) is 12.2 Å². The van der Waals surface area contributed by atoms with Crippen molar-refractivity contribution in [2.24, 2.45) is 5.41 Å². The number of rotatable bonds is 6. The van der Waals surface area contributed by atoms with Crippen LogP contribution in [0.5, 0.6) is 0 Å². The summed E-state index contributed by atoms with van der Waals surface area (Å²) in [5, 5.41) is 8.71. The van der Waals surface area contributed by atoms with Crippen LogP contribution >= 0.6 is 11.8 Å². The fraction of sp³-hybridized carbons (Fsp3) is 0.700. The van der Waals surface area contributed by atoms with E-state index in [2.05, 4.69) is 10.9 Å². The molecule has 1 aliphatic carbocycles. The molecule has 0 aliphatic heterocycles. The van der Waals surface area contributed by atoms with Crippen molar-refractivity contribution in [3.05, 3.63) is 0 Å². The van der Waals surface area contributed by atoms with E-state index in [1.807, 2.05) is 0 Å². The maximum Gasteiger partial charge on any atom is 0.303 e. The van der Waals surface area contributed by atoms with E-state index >= 15 is 0 Å². The molecule has 0 aromatic carbocycles. The van der Waals surface area contributed by atoms with Crippen LogP contribution in [0.25, 0.3) is 0 Å². The summed E-state index contributed by atoms with van der Waals surface area (Å²) in [6, 6.07) is 0. The maximum atomic E-state index is 11.2. The zero-order chi connectivity index (χ0) is 12.9. The summed E-state index contributed by atoms with van der Waals surface area (Å²) in [4.78, 5) is 32.3. The van der Waals surface area contributed by atoms with E-state index in [-0.39, 0.29) is 29.4 Å². The predicted octanol–water partition coefficient (Wildman–Crippen LogP) is 0.142. The topological polar surface area (TPSA) is 95.5 Å². The fourth-order valence-electron chi connectivity index (χ4n) is 1.42. The highest BCUT2D eigenvalue weighted by Crippen LogP contribution is 2.50. The van der Waals surface area contributed by atoms with Gasteiger partial charge in [-0.05, 0) is 24.0 Å². The number of carboxylic acids is 1.